The largest absolute Gasteiger partial charge is 0.397 e. The first-order valence-corrected chi connectivity index (χ1v) is 12.0. The van der Waals surface area contributed by atoms with Crippen molar-refractivity contribution in [2.24, 2.45) is 0 Å². The minimum Gasteiger partial charge on any atom is -0.397 e. The predicted molar refractivity (Wildman–Crippen MR) is 133 cm³/mol. The predicted octanol–water partition coefficient (Wildman–Crippen LogP) is 7.21. The number of anilines is 2. The Bertz CT molecular complexity index is 1320. The number of hydrogen-bond donors (Lipinski definition) is 2. The molecule has 3 aromatic rings. The van der Waals surface area contributed by atoms with E-state index in [1.54, 1.807) is 37.3 Å². The highest BCUT2D eigenvalue weighted by molar-refractivity contribution is 7.19. The number of nitrogens with one attached hydrogen (secondary N) is 1. The summed E-state index contributed by atoms with van der Waals surface area (Å²) in [5, 5.41) is 4.53. The van der Waals surface area contributed by atoms with Crippen LogP contribution in [0.15, 0.2) is 53.7 Å². The van der Waals surface area contributed by atoms with E-state index in [0.717, 1.165) is 0 Å². The molecule has 0 saturated carbocycles. The SMILES string of the molecule is CCC(=O)C1=C(CC)Nc2sc(C(=O)c3ccc(Cl)c(Cl)c3)c(N)c2[C@@H]1c1ccccc1F. The highest BCUT2D eigenvalue weighted by Crippen LogP contribution is 2.51. The molecule has 0 aliphatic carbocycles. The minimum atomic E-state index is -0.712. The summed E-state index contributed by atoms with van der Waals surface area (Å²) < 4.78 is 15.0. The molecule has 33 heavy (non-hydrogen) atoms. The summed E-state index contributed by atoms with van der Waals surface area (Å²) in [7, 11) is 0. The standard InChI is InChI=1S/C25H21Cl2FN2O2S/c1-3-17-20(18(31)4-2)19(13-7-5-6-8-16(13)28)21-22(29)24(33-25(21)30-17)23(32)12-9-10-14(26)15(27)11-12/h5-11,19,30H,3-4,29H2,1-2H3/t19-/m1/s1. The number of Topliss-reactive ketones (excluding diaryl/α,β-unsaturated/α-hetero) is 1. The van der Waals surface area contributed by atoms with Crippen LogP contribution >= 0.6 is 34.5 Å². The lowest BCUT2D eigenvalue weighted by molar-refractivity contribution is -0.115. The molecule has 0 amide bonds. The Labute approximate surface area is 205 Å². The van der Waals surface area contributed by atoms with E-state index in [9.17, 15) is 14.0 Å². The van der Waals surface area contributed by atoms with Crippen LogP contribution in [0.3, 0.4) is 0 Å². The summed E-state index contributed by atoms with van der Waals surface area (Å²) in [4.78, 5) is 26.7. The van der Waals surface area contributed by atoms with Gasteiger partial charge in [-0.05, 0) is 30.7 Å². The molecule has 3 N–H and O–H groups in total. The highest BCUT2D eigenvalue weighted by atomic mass is 35.5. The number of fused-ring (bicyclic) bond motifs is 1. The molecule has 0 radical (unpaired) electrons. The van der Waals surface area contributed by atoms with Crippen LogP contribution < -0.4 is 11.1 Å². The molecule has 1 atom stereocenters. The quantitative estimate of drug-likeness (QED) is 0.349. The van der Waals surface area contributed by atoms with Gasteiger partial charge in [0, 0.05) is 40.3 Å². The average Bonchev–Trinajstić information content (AvgIpc) is 3.15. The van der Waals surface area contributed by atoms with Crippen LogP contribution in [-0.2, 0) is 4.79 Å². The zero-order chi connectivity index (χ0) is 23.9. The summed E-state index contributed by atoms with van der Waals surface area (Å²) >= 11 is 13.3. The van der Waals surface area contributed by atoms with Crippen molar-refractivity contribution in [3.63, 3.8) is 0 Å². The Hall–Kier alpha value is -2.67. The maximum Gasteiger partial charge on any atom is 0.205 e. The van der Waals surface area contributed by atoms with E-state index in [0.29, 0.717) is 49.3 Å². The van der Waals surface area contributed by atoms with E-state index in [1.807, 2.05) is 6.92 Å². The Morgan fingerprint density at radius 3 is 2.48 bits per heavy atom. The third-order valence-electron chi connectivity index (χ3n) is 5.73. The van der Waals surface area contributed by atoms with E-state index in [-0.39, 0.29) is 28.7 Å². The molecule has 2 aromatic carbocycles. The molecule has 2 heterocycles. The van der Waals surface area contributed by atoms with Gasteiger partial charge in [-0.3, -0.25) is 9.59 Å². The van der Waals surface area contributed by atoms with Crippen molar-refractivity contribution in [3.8, 4) is 0 Å². The van der Waals surface area contributed by atoms with Crippen molar-refractivity contribution in [1.82, 2.24) is 0 Å². The van der Waals surface area contributed by atoms with Gasteiger partial charge in [0.15, 0.2) is 5.78 Å². The van der Waals surface area contributed by atoms with E-state index in [4.69, 9.17) is 28.9 Å². The lowest BCUT2D eigenvalue weighted by Crippen LogP contribution is -2.24. The third-order valence-corrected chi connectivity index (χ3v) is 7.60. The molecule has 0 fully saturated rings. The zero-order valence-corrected chi connectivity index (χ0v) is 20.3. The van der Waals surface area contributed by atoms with Crippen molar-refractivity contribution in [2.75, 3.05) is 11.1 Å². The van der Waals surface area contributed by atoms with Gasteiger partial charge in [-0.2, -0.15) is 0 Å². The number of allylic oxidation sites excluding steroid dienone is 2. The molecule has 4 rings (SSSR count). The summed E-state index contributed by atoms with van der Waals surface area (Å²) in [6, 6.07) is 11.0. The maximum absolute atomic E-state index is 15.0. The fourth-order valence-electron chi connectivity index (χ4n) is 4.11. The molecular formula is C25H21Cl2FN2O2S. The summed E-state index contributed by atoms with van der Waals surface area (Å²) in [5.41, 5.74) is 9.18. The maximum atomic E-state index is 15.0. The Morgan fingerprint density at radius 2 is 1.85 bits per heavy atom. The van der Waals surface area contributed by atoms with Gasteiger partial charge < -0.3 is 11.1 Å². The van der Waals surface area contributed by atoms with Crippen LogP contribution in [0, 0.1) is 5.82 Å². The fraction of sp³-hybridized carbons (Fsp3) is 0.200. The number of benzene rings is 2. The third kappa shape index (κ3) is 4.07. The van der Waals surface area contributed by atoms with Crippen LogP contribution in [0.4, 0.5) is 15.1 Å². The van der Waals surface area contributed by atoms with Crippen molar-refractivity contribution >= 4 is 56.8 Å². The smallest absolute Gasteiger partial charge is 0.205 e. The van der Waals surface area contributed by atoms with Gasteiger partial charge in [0.1, 0.15) is 10.7 Å². The van der Waals surface area contributed by atoms with E-state index in [1.165, 1.54) is 23.5 Å². The number of carbonyl (C=O) groups is 2. The van der Waals surface area contributed by atoms with Crippen LogP contribution in [0.1, 0.15) is 59.0 Å². The van der Waals surface area contributed by atoms with Gasteiger partial charge in [0.2, 0.25) is 5.78 Å². The van der Waals surface area contributed by atoms with Crippen molar-refractivity contribution in [2.45, 2.75) is 32.6 Å². The second kappa shape index (κ2) is 9.29. The first-order chi connectivity index (χ1) is 15.8. The van der Waals surface area contributed by atoms with E-state index < -0.39 is 11.7 Å². The molecule has 0 saturated heterocycles. The number of ketones is 2. The molecule has 1 aliphatic heterocycles. The van der Waals surface area contributed by atoms with Gasteiger partial charge in [-0.1, -0.05) is 55.2 Å². The number of hydrogen-bond acceptors (Lipinski definition) is 5. The number of halogens is 3. The van der Waals surface area contributed by atoms with Crippen molar-refractivity contribution in [1.29, 1.82) is 0 Å². The average molecular weight is 503 g/mol. The van der Waals surface area contributed by atoms with Gasteiger partial charge in [-0.15, -0.1) is 11.3 Å². The molecule has 1 aliphatic rings. The Morgan fingerprint density at radius 1 is 1.12 bits per heavy atom. The van der Waals surface area contributed by atoms with Gasteiger partial charge in [-0.25, -0.2) is 4.39 Å². The van der Waals surface area contributed by atoms with Crippen molar-refractivity contribution in [3.05, 3.63) is 91.2 Å². The molecule has 1 aromatic heterocycles. The van der Waals surface area contributed by atoms with Crippen LogP contribution in [0.2, 0.25) is 10.0 Å². The van der Waals surface area contributed by atoms with Crippen LogP contribution in [-0.4, -0.2) is 11.6 Å². The molecule has 0 unspecified atom stereocenters. The molecule has 0 bridgehead atoms. The second-order valence-electron chi connectivity index (χ2n) is 7.65. The molecule has 4 nitrogen and oxygen atoms in total. The highest BCUT2D eigenvalue weighted by Gasteiger charge is 2.38. The minimum absolute atomic E-state index is 0.0961. The lowest BCUT2D eigenvalue weighted by Gasteiger charge is -2.30. The topological polar surface area (TPSA) is 72.2 Å². The summed E-state index contributed by atoms with van der Waals surface area (Å²) in [5.74, 6) is -1.56. The number of carbonyl (C=O) groups excluding carboxylic acids is 2. The number of nitrogen functional groups attached to an aromatic ring is 1. The van der Waals surface area contributed by atoms with Gasteiger partial charge >= 0.3 is 0 Å². The fourth-order valence-corrected chi connectivity index (χ4v) is 5.56. The van der Waals surface area contributed by atoms with Crippen LogP contribution in [0.25, 0.3) is 0 Å². The monoisotopic (exact) mass is 502 g/mol. The molecule has 8 heteroatoms. The Balaban J connectivity index is 1.93. The first kappa shape index (κ1) is 23.5. The first-order valence-electron chi connectivity index (χ1n) is 10.5. The van der Waals surface area contributed by atoms with Crippen molar-refractivity contribution < 1.29 is 14.0 Å². The molecule has 170 valence electrons. The molecule has 0 spiro atoms. The number of rotatable bonds is 6. The number of thiophene rings is 1. The Kier molecular flexibility index (Phi) is 6.61. The normalized spacial score (nSPS) is 15.2. The summed E-state index contributed by atoms with van der Waals surface area (Å²) in [6.45, 7) is 3.69. The summed E-state index contributed by atoms with van der Waals surface area (Å²) in [6.07, 6.45) is 0.805. The number of nitrogens with two attached hydrogens (primary N) is 1. The van der Waals surface area contributed by atoms with E-state index in [2.05, 4.69) is 5.32 Å². The van der Waals surface area contributed by atoms with Gasteiger partial charge in [0.25, 0.3) is 0 Å². The van der Waals surface area contributed by atoms with Crippen LogP contribution in [0.5, 0.6) is 0 Å². The second-order valence-corrected chi connectivity index (χ2v) is 9.48. The molecular weight excluding hydrogens is 482 g/mol. The zero-order valence-electron chi connectivity index (χ0n) is 18.0. The van der Waals surface area contributed by atoms with E-state index >= 15 is 0 Å². The van der Waals surface area contributed by atoms with Gasteiger partial charge in [0.05, 0.1) is 20.7 Å². The lowest BCUT2D eigenvalue weighted by atomic mass is 9.78.